The second-order valence-corrected chi connectivity index (χ2v) is 14.8. The summed E-state index contributed by atoms with van der Waals surface area (Å²) in [6.45, 7) is 0. The van der Waals surface area contributed by atoms with Gasteiger partial charge in [0, 0.05) is 47.7 Å². The summed E-state index contributed by atoms with van der Waals surface area (Å²) in [6.07, 6.45) is 7.92. The number of aromatic nitrogens is 2. The average Bonchev–Trinajstić information content (AvgIpc) is 3.79. The largest absolute Gasteiger partial charge is 0.310 e. The quantitative estimate of drug-likeness (QED) is 0.175. The lowest BCUT2D eigenvalue weighted by Gasteiger charge is -2.11. The van der Waals surface area contributed by atoms with Gasteiger partial charge in [0.15, 0.2) is 0 Å². The molecule has 10 aromatic rings. The zero-order valence-corrected chi connectivity index (χ0v) is 29.1. The fraction of sp³-hybridized carbons (Fsp3) is 0.0204. The predicted molar refractivity (Wildman–Crippen MR) is 223 cm³/mol. The lowest BCUT2D eigenvalue weighted by Crippen LogP contribution is -1.97. The number of allylic oxidation sites excluding steroid dienone is 3. The fourth-order valence-electron chi connectivity index (χ4n) is 8.37. The Balaban J connectivity index is 0.982. The molecular weight excluding hydrogens is 649 g/mol. The van der Waals surface area contributed by atoms with Crippen molar-refractivity contribution in [1.29, 1.82) is 0 Å². The molecule has 3 aromatic heterocycles. The Morgan fingerprint density at radius 1 is 0.404 bits per heavy atom. The average molecular weight is 681 g/mol. The van der Waals surface area contributed by atoms with Crippen molar-refractivity contribution >= 4 is 75.9 Å². The van der Waals surface area contributed by atoms with Gasteiger partial charge in [-0.25, -0.2) is 0 Å². The highest BCUT2D eigenvalue weighted by atomic mass is 32.1. The highest BCUT2D eigenvalue weighted by molar-refractivity contribution is 7.25. The minimum absolute atomic E-state index is 0.877. The van der Waals surface area contributed by atoms with Gasteiger partial charge in [-0.3, -0.25) is 0 Å². The number of fused-ring (bicyclic) bond motifs is 9. The molecule has 1 aliphatic rings. The van der Waals surface area contributed by atoms with Gasteiger partial charge in [0.05, 0.1) is 22.2 Å². The molecule has 0 spiro atoms. The Morgan fingerprint density at radius 3 is 1.87 bits per heavy atom. The number of para-hydroxylation sites is 3. The lowest BCUT2D eigenvalue weighted by atomic mass is 10.0. The third-order valence-electron chi connectivity index (χ3n) is 10.8. The topological polar surface area (TPSA) is 9.86 Å². The molecule has 0 saturated carbocycles. The molecule has 244 valence electrons. The molecule has 0 bridgehead atoms. The second-order valence-electron chi connectivity index (χ2n) is 13.7. The number of benzene rings is 7. The first-order valence-electron chi connectivity index (χ1n) is 17.9. The summed E-state index contributed by atoms with van der Waals surface area (Å²) in [7, 11) is 0. The molecule has 0 unspecified atom stereocenters. The Labute approximate surface area is 305 Å². The van der Waals surface area contributed by atoms with E-state index in [1.165, 1.54) is 97.8 Å². The highest BCUT2D eigenvalue weighted by Gasteiger charge is 2.19. The maximum atomic E-state index is 2.44. The Bertz CT molecular complexity index is 3080. The van der Waals surface area contributed by atoms with Crippen molar-refractivity contribution in [3.63, 3.8) is 0 Å². The van der Waals surface area contributed by atoms with Gasteiger partial charge in [-0.1, -0.05) is 109 Å². The van der Waals surface area contributed by atoms with Gasteiger partial charge < -0.3 is 9.13 Å². The normalized spacial score (nSPS) is 13.0. The molecule has 7 aromatic carbocycles. The summed E-state index contributed by atoms with van der Waals surface area (Å²) >= 11 is 1.87. The second kappa shape index (κ2) is 11.6. The van der Waals surface area contributed by atoms with Gasteiger partial charge in [0.1, 0.15) is 0 Å². The van der Waals surface area contributed by atoms with Gasteiger partial charge in [-0.05, 0) is 107 Å². The van der Waals surface area contributed by atoms with Crippen molar-refractivity contribution in [2.45, 2.75) is 6.42 Å². The van der Waals surface area contributed by atoms with E-state index in [0.717, 1.165) is 6.42 Å². The maximum absolute atomic E-state index is 2.44. The summed E-state index contributed by atoms with van der Waals surface area (Å²) in [5.41, 5.74) is 13.6. The maximum Gasteiger partial charge on any atom is 0.0541 e. The van der Waals surface area contributed by atoms with Crippen molar-refractivity contribution in [1.82, 2.24) is 9.13 Å². The smallest absolute Gasteiger partial charge is 0.0541 e. The van der Waals surface area contributed by atoms with Gasteiger partial charge in [0.25, 0.3) is 0 Å². The van der Waals surface area contributed by atoms with Crippen molar-refractivity contribution in [3.05, 3.63) is 193 Å². The molecule has 0 N–H and O–H groups in total. The summed E-state index contributed by atoms with van der Waals surface area (Å²) < 4.78 is 7.49. The van der Waals surface area contributed by atoms with Crippen LogP contribution in [0.2, 0.25) is 0 Å². The van der Waals surface area contributed by atoms with E-state index in [9.17, 15) is 0 Å². The van der Waals surface area contributed by atoms with Gasteiger partial charge in [-0.2, -0.15) is 0 Å². The van der Waals surface area contributed by atoms with Crippen LogP contribution in [0.5, 0.6) is 0 Å². The molecule has 0 saturated heterocycles. The number of nitrogens with zero attached hydrogens (tertiary/aromatic N) is 2. The molecule has 0 aliphatic heterocycles. The van der Waals surface area contributed by atoms with Gasteiger partial charge in [0.2, 0.25) is 0 Å². The van der Waals surface area contributed by atoms with E-state index in [2.05, 4.69) is 191 Å². The zero-order valence-electron chi connectivity index (χ0n) is 28.3. The molecule has 2 nitrogen and oxygen atoms in total. The lowest BCUT2D eigenvalue weighted by molar-refractivity contribution is 1.09. The standard InChI is InChI=1S/C49H32N2S/c1-2-10-36(11-3-1)50-45-16-8-5-13-39(45)42-30-34(22-28-47(42)50)32-18-24-37(25-19-32)51-44-15-7-4-12-38(44)40-26-20-33(21-27-46(40)51)35-23-29-49-43(31-35)41-14-6-9-17-48(41)52-49/h1-25,27-31H,26H2. The highest BCUT2D eigenvalue weighted by Crippen LogP contribution is 2.39. The Hall–Kier alpha value is -6.42. The minimum Gasteiger partial charge on any atom is -0.310 e. The Morgan fingerprint density at radius 2 is 1.02 bits per heavy atom. The third kappa shape index (κ3) is 4.50. The van der Waals surface area contributed by atoms with E-state index < -0.39 is 0 Å². The molecule has 3 heteroatoms. The van der Waals surface area contributed by atoms with Crippen LogP contribution < -0.4 is 0 Å². The number of thiophene rings is 1. The molecule has 11 rings (SSSR count). The van der Waals surface area contributed by atoms with Crippen LogP contribution in [0.3, 0.4) is 0 Å². The molecule has 0 atom stereocenters. The van der Waals surface area contributed by atoms with Crippen molar-refractivity contribution in [2.24, 2.45) is 0 Å². The monoisotopic (exact) mass is 680 g/mol. The van der Waals surface area contributed by atoms with Gasteiger partial charge >= 0.3 is 0 Å². The van der Waals surface area contributed by atoms with Crippen LogP contribution >= 0.6 is 11.3 Å². The summed E-state index contributed by atoms with van der Waals surface area (Å²) in [5.74, 6) is 0. The van der Waals surface area contributed by atoms with Crippen LogP contribution in [0, 0.1) is 0 Å². The zero-order chi connectivity index (χ0) is 34.2. The first kappa shape index (κ1) is 29.3. The number of hydrogen-bond acceptors (Lipinski definition) is 1. The van der Waals surface area contributed by atoms with Crippen molar-refractivity contribution in [3.8, 4) is 22.5 Å². The van der Waals surface area contributed by atoms with Crippen LogP contribution in [0.15, 0.2) is 176 Å². The number of rotatable bonds is 4. The van der Waals surface area contributed by atoms with Crippen LogP contribution in [-0.2, 0) is 6.42 Å². The van der Waals surface area contributed by atoms with Gasteiger partial charge in [-0.15, -0.1) is 11.3 Å². The van der Waals surface area contributed by atoms with E-state index in [1.54, 1.807) is 0 Å². The van der Waals surface area contributed by atoms with E-state index >= 15 is 0 Å². The first-order chi connectivity index (χ1) is 25.8. The summed E-state index contributed by atoms with van der Waals surface area (Å²) in [6, 6.07) is 59.9. The molecule has 0 amide bonds. The first-order valence-corrected chi connectivity index (χ1v) is 18.7. The van der Waals surface area contributed by atoms with Crippen LogP contribution in [0.4, 0.5) is 0 Å². The molecule has 3 heterocycles. The van der Waals surface area contributed by atoms with Crippen molar-refractivity contribution < 1.29 is 0 Å². The van der Waals surface area contributed by atoms with E-state index in [1.807, 2.05) is 11.3 Å². The summed E-state index contributed by atoms with van der Waals surface area (Å²) in [4.78, 5) is 0. The van der Waals surface area contributed by atoms with E-state index in [-0.39, 0.29) is 0 Å². The van der Waals surface area contributed by atoms with Crippen LogP contribution in [0.1, 0.15) is 16.8 Å². The molecule has 0 fully saturated rings. The Kier molecular flexibility index (Phi) is 6.52. The molecular formula is C49H32N2S. The van der Waals surface area contributed by atoms with Crippen molar-refractivity contribution in [2.75, 3.05) is 0 Å². The molecule has 1 aliphatic carbocycles. The van der Waals surface area contributed by atoms with Crippen LogP contribution in [0.25, 0.3) is 87.0 Å². The SMILES string of the molecule is C1=Cc2c(c3ccccc3n2-c2ccc(-c3ccc4c(c3)c3ccccc3n4-c3ccccc3)cc2)CC=C1c1ccc2sc3ccccc3c2c1. The fourth-order valence-corrected chi connectivity index (χ4v) is 9.46. The molecule has 0 radical (unpaired) electrons. The summed E-state index contributed by atoms with van der Waals surface area (Å²) in [5, 5.41) is 6.52. The van der Waals surface area contributed by atoms with Crippen LogP contribution in [-0.4, -0.2) is 9.13 Å². The minimum atomic E-state index is 0.877. The third-order valence-corrected chi connectivity index (χ3v) is 12.0. The predicted octanol–water partition coefficient (Wildman–Crippen LogP) is 13.4. The molecule has 52 heavy (non-hydrogen) atoms. The van der Waals surface area contributed by atoms with E-state index in [4.69, 9.17) is 0 Å². The van der Waals surface area contributed by atoms with E-state index in [0.29, 0.717) is 0 Å². The number of hydrogen-bond donors (Lipinski definition) is 0.